The van der Waals surface area contributed by atoms with Gasteiger partial charge in [-0.25, -0.2) is 17.6 Å². The van der Waals surface area contributed by atoms with Crippen molar-refractivity contribution in [2.45, 2.75) is 22.6 Å². The first-order chi connectivity index (χ1) is 19.2. The molecule has 0 radical (unpaired) electrons. The molecule has 208 valence electrons. The van der Waals surface area contributed by atoms with Crippen LogP contribution in [-0.4, -0.2) is 23.4 Å². The lowest BCUT2D eigenvalue weighted by atomic mass is 10.1. The summed E-state index contributed by atoms with van der Waals surface area (Å²) in [4.78, 5) is 25.3. The zero-order valence-electron chi connectivity index (χ0n) is 21.0. The molecule has 4 aromatic carbocycles. The van der Waals surface area contributed by atoms with Crippen LogP contribution in [0.2, 0.25) is 0 Å². The topological polar surface area (TPSA) is 60.2 Å². The third-order valence-electron chi connectivity index (χ3n) is 5.28. The van der Waals surface area contributed by atoms with Gasteiger partial charge in [-0.05, 0) is 72.6 Å². The van der Waals surface area contributed by atoms with Crippen molar-refractivity contribution in [3.8, 4) is 22.3 Å². The Balaban J connectivity index is 0.000000810. The van der Waals surface area contributed by atoms with Crippen LogP contribution in [0.3, 0.4) is 0 Å². The highest BCUT2D eigenvalue weighted by molar-refractivity contribution is 8.15. The second-order valence-corrected chi connectivity index (χ2v) is 10.5. The summed E-state index contributed by atoms with van der Waals surface area (Å²) in [6, 6.07) is 19.2. The van der Waals surface area contributed by atoms with Gasteiger partial charge >= 0.3 is 0 Å². The molecular weight excluding hydrogens is 565 g/mol. The van der Waals surface area contributed by atoms with Crippen molar-refractivity contribution in [1.29, 1.82) is 0 Å². The number of benzene rings is 4. The van der Waals surface area contributed by atoms with E-state index in [2.05, 4.69) is 0 Å². The molecule has 0 aliphatic carbocycles. The Hall–Kier alpha value is -3.47. The summed E-state index contributed by atoms with van der Waals surface area (Å²) in [5, 5.41) is -0.973. The predicted octanol–water partition coefficient (Wildman–Crippen LogP) is 8.21. The normalized spacial score (nSPS) is 10.6. The van der Waals surface area contributed by atoms with E-state index >= 15 is 0 Å². The molecule has 0 spiro atoms. The molecule has 0 bridgehead atoms. The van der Waals surface area contributed by atoms with Crippen molar-refractivity contribution in [3.63, 3.8) is 0 Å². The smallest absolute Gasteiger partial charge is 0.202 e. The van der Waals surface area contributed by atoms with E-state index in [0.717, 1.165) is 23.5 Å². The second kappa shape index (κ2) is 15.4. The highest BCUT2D eigenvalue weighted by atomic mass is 32.2. The maximum atomic E-state index is 14.5. The van der Waals surface area contributed by atoms with Crippen molar-refractivity contribution in [2.24, 2.45) is 5.73 Å². The fraction of sp³-hybridized carbons (Fsp3) is 0.133. The van der Waals surface area contributed by atoms with Crippen LogP contribution in [0.4, 0.5) is 22.0 Å². The largest absolute Gasteiger partial charge is 0.330 e. The van der Waals surface area contributed by atoms with E-state index in [1.54, 1.807) is 12.1 Å². The first-order valence-corrected chi connectivity index (χ1v) is 13.6. The van der Waals surface area contributed by atoms with Crippen molar-refractivity contribution < 1.29 is 31.5 Å². The van der Waals surface area contributed by atoms with E-state index < -0.39 is 39.9 Å². The minimum Gasteiger partial charge on any atom is -0.330 e. The van der Waals surface area contributed by atoms with Gasteiger partial charge < -0.3 is 5.73 Å². The Kier molecular flexibility index (Phi) is 11.9. The quantitative estimate of drug-likeness (QED) is 0.128. The molecule has 0 amide bonds. The number of thioether (sulfide) groups is 2. The standard InChI is InChI=1S/C27H16F4O2S2.C3H8FN/c28-18-5-1-16(2-6-18)22-11-9-20(13-24(22)30)34-26(32)15-27(33)35-21-10-12-23(25(31)14-21)17-3-7-19(29)8-4-17;4-2-1-3-5/h1-14H,15H2;1-3,5H2. The SMILES string of the molecule is NCCCF.O=C(CC(=O)Sc1ccc(-c2ccc(F)cc2)c(F)c1)Sc1ccc(-c2ccc(F)cc2)c(F)c1. The van der Waals surface area contributed by atoms with Gasteiger partial charge in [-0.3, -0.25) is 14.0 Å². The lowest BCUT2D eigenvalue weighted by Crippen LogP contribution is -2.01. The van der Waals surface area contributed by atoms with Gasteiger partial charge in [0.2, 0.25) is 10.2 Å². The maximum Gasteiger partial charge on any atom is 0.202 e. The van der Waals surface area contributed by atoms with Gasteiger partial charge in [-0.1, -0.05) is 59.9 Å². The summed E-state index contributed by atoms with van der Waals surface area (Å²) in [6.07, 6.45) is 0.0675. The van der Waals surface area contributed by atoms with Crippen molar-refractivity contribution in [3.05, 3.63) is 108 Å². The average Bonchev–Trinajstić information content (AvgIpc) is 2.91. The molecule has 4 rings (SSSR count). The van der Waals surface area contributed by atoms with Crippen molar-refractivity contribution >= 4 is 33.8 Å². The van der Waals surface area contributed by atoms with Gasteiger partial charge in [0, 0.05) is 20.9 Å². The molecule has 0 aromatic heterocycles. The zero-order valence-corrected chi connectivity index (χ0v) is 22.6. The molecule has 0 saturated heterocycles. The van der Waals surface area contributed by atoms with Gasteiger partial charge in [0.1, 0.15) is 23.3 Å². The van der Waals surface area contributed by atoms with E-state index in [0.29, 0.717) is 33.9 Å². The fourth-order valence-electron chi connectivity index (χ4n) is 3.38. The molecule has 3 nitrogen and oxygen atoms in total. The minimum atomic E-state index is -0.577. The molecule has 0 fully saturated rings. The molecule has 0 aliphatic heterocycles. The van der Waals surface area contributed by atoms with Crippen LogP contribution in [0, 0.1) is 23.3 Å². The number of carbonyl (C=O) groups is 2. The number of hydrogen-bond donors (Lipinski definition) is 1. The number of rotatable bonds is 8. The summed E-state index contributed by atoms with van der Waals surface area (Å²) in [7, 11) is 0. The van der Waals surface area contributed by atoms with Crippen LogP contribution in [0.5, 0.6) is 0 Å². The Morgan fingerprint density at radius 3 is 1.32 bits per heavy atom. The van der Waals surface area contributed by atoms with E-state index in [1.807, 2.05) is 0 Å². The number of halogens is 5. The Morgan fingerprint density at radius 1 is 0.625 bits per heavy atom. The summed E-state index contributed by atoms with van der Waals surface area (Å²) in [6.45, 7) is 0.188. The van der Waals surface area contributed by atoms with Crippen LogP contribution in [0.25, 0.3) is 22.3 Å². The zero-order chi connectivity index (χ0) is 29.1. The Morgan fingerprint density at radius 2 is 1.02 bits per heavy atom. The molecule has 0 heterocycles. The van der Waals surface area contributed by atoms with Crippen LogP contribution in [0.15, 0.2) is 94.7 Å². The van der Waals surface area contributed by atoms with Crippen molar-refractivity contribution in [1.82, 2.24) is 0 Å². The molecule has 0 saturated carbocycles. The second-order valence-electron chi connectivity index (χ2n) is 8.25. The average molecular weight is 590 g/mol. The fourth-order valence-corrected chi connectivity index (χ4v) is 5.00. The van der Waals surface area contributed by atoms with E-state index in [-0.39, 0.29) is 17.8 Å². The minimum absolute atomic E-state index is 0.263. The number of carbonyl (C=O) groups excluding carboxylic acids is 2. The third-order valence-corrected chi connectivity index (χ3v) is 7.00. The number of alkyl halides is 1. The predicted molar refractivity (Wildman–Crippen MR) is 150 cm³/mol. The first-order valence-electron chi connectivity index (χ1n) is 12.0. The monoisotopic (exact) mass is 589 g/mol. The summed E-state index contributed by atoms with van der Waals surface area (Å²) < 4.78 is 66.1. The highest BCUT2D eigenvalue weighted by Crippen LogP contribution is 2.31. The van der Waals surface area contributed by atoms with E-state index in [9.17, 15) is 31.5 Å². The van der Waals surface area contributed by atoms with Crippen LogP contribution in [-0.2, 0) is 9.59 Å². The summed E-state index contributed by atoms with van der Waals surface area (Å²) >= 11 is 1.46. The Bertz CT molecular complexity index is 1340. The van der Waals surface area contributed by atoms with Crippen LogP contribution >= 0.6 is 23.5 Å². The first kappa shape index (κ1) is 31.1. The summed E-state index contributed by atoms with van der Waals surface area (Å²) in [5.74, 6) is -2.01. The van der Waals surface area contributed by atoms with Gasteiger partial charge in [0.05, 0.1) is 13.1 Å². The van der Waals surface area contributed by atoms with Gasteiger partial charge in [-0.15, -0.1) is 0 Å². The van der Waals surface area contributed by atoms with Crippen molar-refractivity contribution in [2.75, 3.05) is 13.2 Å². The van der Waals surface area contributed by atoms with E-state index in [4.69, 9.17) is 5.73 Å². The Labute approximate surface area is 237 Å². The highest BCUT2D eigenvalue weighted by Gasteiger charge is 2.16. The maximum absolute atomic E-state index is 14.5. The van der Waals surface area contributed by atoms with Gasteiger partial charge in [-0.2, -0.15) is 0 Å². The lowest BCUT2D eigenvalue weighted by molar-refractivity contribution is -0.117. The number of nitrogens with two attached hydrogens (primary N) is 1. The molecule has 10 heteroatoms. The van der Waals surface area contributed by atoms with Crippen LogP contribution < -0.4 is 5.73 Å². The number of hydrogen-bond acceptors (Lipinski definition) is 5. The molecule has 0 atom stereocenters. The molecule has 4 aromatic rings. The molecule has 40 heavy (non-hydrogen) atoms. The molecule has 0 unspecified atom stereocenters. The lowest BCUT2D eigenvalue weighted by Gasteiger charge is -2.07. The molecule has 0 aliphatic rings. The third kappa shape index (κ3) is 9.32. The van der Waals surface area contributed by atoms with Crippen LogP contribution in [0.1, 0.15) is 12.8 Å². The van der Waals surface area contributed by atoms with Gasteiger partial charge in [0.15, 0.2) is 0 Å². The summed E-state index contributed by atoms with van der Waals surface area (Å²) in [5.41, 5.74) is 6.42. The van der Waals surface area contributed by atoms with E-state index in [1.165, 1.54) is 72.8 Å². The van der Waals surface area contributed by atoms with Gasteiger partial charge in [0.25, 0.3) is 0 Å². The molecule has 2 N–H and O–H groups in total. The molecular formula is C30H24F5NO2S2.